The first-order valence-corrected chi connectivity index (χ1v) is 11.1. The first-order chi connectivity index (χ1) is 13.0. The Morgan fingerprint density at radius 1 is 0.862 bits per heavy atom. The van der Waals surface area contributed by atoms with Crippen LogP contribution in [0.5, 0.6) is 11.5 Å². The predicted octanol–water partition coefficient (Wildman–Crippen LogP) is 4.40. The number of phenols is 1. The van der Waals surface area contributed by atoms with Crippen molar-refractivity contribution in [3.63, 3.8) is 0 Å². The summed E-state index contributed by atoms with van der Waals surface area (Å²) in [6.07, 6.45) is 0.247. The third kappa shape index (κ3) is 5.85. The Kier molecular flexibility index (Phi) is 6.30. The highest BCUT2D eigenvalue weighted by Gasteiger charge is 2.25. The third-order valence-corrected chi connectivity index (χ3v) is 5.25. The Labute approximate surface area is 174 Å². The van der Waals surface area contributed by atoms with E-state index in [2.05, 4.69) is 0 Å². The highest BCUT2D eigenvalue weighted by Crippen LogP contribution is 2.43. The van der Waals surface area contributed by atoms with Crippen molar-refractivity contribution < 1.29 is 24.0 Å². The predicted molar refractivity (Wildman–Crippen MR) is 112 cm³/mol. The average molecular weight is 418 g/mol. The summed E-state index contributed by atoms with van der Waals surface area (Å²) in [4.78, 5) is 23.0. The molecule has 0 aromatic heterocycles. The lowest BCUT2D eigenvalue weighted by Gasteiger charge is -2.34. The van der Waals surface area contributed by atoms with Crippen molar-refractivity contribution in [3.8, 4) is 11.5 Å². The summed E-state index contributed by atoms with van der Waals surface area (Å²) in [7, 11) is -5.25. The van der Waals surface area contributed by atoms with Gasteiger partial charge in [0.15, 0.2) is 0 Å². The molecule has 1 N–H and O–H groups in total. The van der Waals surface area contributed by atoms with Gasteiger partial charge in [0.05, 0.1) is 0 Å². The fourth-order valence-corrected chi connectivity index (χ4v) is 3.96. The SMILES string of the molecule is Cc1cc(Cc2cc(C)cc(C(C)(C)C)c2OP(=O)([O-])[O-])c(O)c(C(C)(C)C)c1. The van der Waals surface area contributed by atoms with Gasteiger partial charge in [0.2, 0.25) is 0 Å². The van der Waals surface area contributed by atoms with E-state index in [1.165, 1.54) is 0 Å². The number of phosphoric ester groups is 1. The molecule has 6 heteroatoms. The van der Waals surface area contributed by atoms with Crippen LogP contribution in [0.3, 0.4) is 0 Å². The molecular weight excluding hydrogens is 387 g/mol. The van der Waals surface area contributed by atoms with E-state index in [1.54, 1.807) is 6.07 Å². The summed E-state index contributed by atoms with van der Waals surface area (Å²) in [6.45, 7) is 15.7. The molecule has 0 atom stereocenters. The second kappa shape index (κ2) is 7.79. The molecule has 2 aromatic rings. The molecule has 5 nitrogen and oxygen atoms in total. The normalized spacial score (nSPS) is 12.9. The van der Waals surface area contributed by atoms with Gasteiger partial charge in [0, 0.05) is 12.0 Å². The van der Waals surface area contributed by atoms with Crippen LogP contribution >= 0.6 is 7.82 Å². The highest BCUT2D eigenvalue weighted by molar-refractivity contribution is 7.43. The fourth-order valence-electron chi connectivity index (χ4n) is 3.52. The lowest BCUT2D eigenvalue weighted by Crippen LogP contribution is -2.22. The molecule has 0 saturated heterocycles. The highest BCUT2D eigenvalue weighted by atomic mass is 31.2. The largest absolute Gasteiger partial charge is 0.780 e. The number of aromatic hydroxyl groups is 1. The molecule has 0 heterocycles. The Morgan fingerprint density at radius 3 is 1.76 bits per heavy atom. The van der Waals surface area contributed by atoms with Gasteiger partial charge in [-0.25, -0.2) is 0 Å². The Hall–Kier alpha value is -1.81. The quantitative estimate of drug-likeness (QED) is 0.743. The second-order valence-electron chi connectivity index (χ2n) is 9.84. The van der Waals surface area contributed by atoms with Crippen LogP contribution in [-0.2, 0) is 21.8 Å². The van der Waals surface area contributed by atoms with E-state index in [1.807, 2.05) is 73.6 Å². The summed E-state index contributed by atoms with van der Waals surface area (Å²) < 4.78 is 16.4. The molecule has 0 radical (unpaired) electrons. The molecule has 0 aliphatic carbocycles. The number of benzene rings is 2. The van der Waals surface area contributed by atoms with E-state index in [-0.39, 0.29) is 23.3 Å². The maximum atomic E-state index is 11.5. The number of aryl methyl sites for hydroxylation is 2. The number of phenolic OH excluding ortho intramolecular Hbond substituents is 1. The fraction of sp³-hybridized carbons (Fsp3) is 0.478. The maximum Gasteiger partial charge on any atom is 0.131 e. The van der Waals surface area contributed by atoms with Crippen molar-refractivity contribution in [2.45, 2.75) is 72.6 Å². The third-order valence-electron chi connectivity index (χ3n) is 4.84. The Morgan fingerprint density at radius 2 is 1.31 bits per heavy atom. The monoisotopic (exact) mass is 418 g/mol. The molecule has 0 aliphatic heterocycles. The Bertz CT molecular complexity index is 959. The van der Waals surface area contributed by atoms with Crippen molar-refractivity contribution >= 4 is 7.82 Å². The minimum Gasteiger partial charge on any atom is -0.780 e. The number of hydrogen-bond donors (Lipinski definition) is 1. The van der Waals surface area contributed by atoms with Crippen LogP contribution in [0.1, 0.15) is 74.9 Å². The van der Waals surface area contributed by atoms with Gasteiger partial charge in [0.25, 0.3) is 0 Å². The van der Waals surface area contributed by atoms with E-state index >= 15 is 0 Å². The van der Waals surface area contributed by atoms with Gasteiger partial charge < -0.3 is 24.0 Å². The van der Waals surface area contributed by atoms with Crippen LogP contribution in [-0.4, -0.2) is 5.11 Å². The molecule has 0 saturated carbocycles. The zero-order valence-corrected chi connectivity index (χ0v) is 19.4. The molecule has 29 heavy (non-hydrogen) atoms. The van der Waals surface area contributed by atoms with Crippen LogP contribution in [0.25, 0.3) is 0 Å². The summed E-state index contributed by atoms with van der Waals surface area (Å²) in [5.41, 5.74) is 3.90. The van der Waals surface area contributed by atoms with Crippen LogP contribution in [0.15, 0.2) is 24.3 Å². The minimum absolute atomic E-state index is 0.0645. The van der Waals surface area contributed by atoms with Gasteiger partial charge in [-0.2, -0.15) is 0 Å². The van der Waals surface area contributed by atoms with Gasteiger partial charge in [-0.15, -0.1) is 0 Å². The second-order valence-corrected chi connectivity index (χ2v) is 10.9. The van der Waals surface area contributed by atoms with Gasteiger partial charge in [0.1, 0.15) is 19.3 Å². The first kappa shape index (κ1) is 23.5. The molecule has 160 valence electrons. The van der Waals surface area contributed by atoms with Crippen LogP contribution in [0, 0.1) is 13.8 Å². The zero-order chi connectivity index (χ0) is 22.4. The van der Waals surface area contributed by atoms with E-state index in [9.17, 15) is 19.5 Å². The lowest BCUT2D eigenvalue weighted by molar-refractivity contribution is -0.333. The first-order valence-electron chi connectivity index (χ1n) is 9.67. The van der Waals surface area contributed by atoms with E-state index in [0.717, 1.165) is 16.7 Å². The number of phosphoric acid groups is 1. The maximum absolute atomic E-state index is 11.5. The average Bonchev–Trinajstić information content (AvgIpc) is 2.49. The zero-order valence-electron chi connectivity index (χ0n) is 18.5. The summed E-state index contributed by atoms with van der Waals surface area (Å²) in [5.74, 6) is 0.245. The smallest absolute Gasteiger partial charge is 0.131 e. The molecule has 0 fully saturated rings. The lowest BCUT2D eigenvalue weighted by atomic mass is 9.81. The molecule has 0 spiro atoms. The number of rotatable bonds is 4. The van der Waals surface area contributed by atoms with Crippen LogP contribution in [0.2, 0.25) is 0 Å². The molecule has 2 aromatic carbocycles. The standard InChI is InChI=1S/C23H33O5P/c1-14-9-16(20(24)18(11-14)22(3,4)5)13-17-10-15(2)12-19(23(6,7)8)21(17)28-29(25,26)27/h9-12,24H,13H2,1-8H3,(H2,25,26,27)/p-2. The Balaban J connectivity index is 2.72. The van der Waals surface area contributed by atoms with Crippen molar-refractivity contribution in [2.24, 2.45) is 0 Å². The van der Waals surface area contributed by atoms with Gasteiger partial charge >= 0.3 is 0 Å². The van der Waals surface area contributed by atoms with Crippen LogP contribution < -0.4 is 14.3 Å². The molecule has 2 rings (SSSR count). The van der Waals surface area contributed by atoms with Gasteiger partial charge in [-0.1, -0.05) is 76.9 Å². The molecule has 0 aliphatic rings. The van der Waals surface area contributed by atoms with Crippen molar-refractivity contribution in [2.75, 3.05) is 0 Å². The minimum atomic E-state index is -5.25. The summed E-state index contributed by atoms with van der Waals surface area (Å²) in [5, 5.41) is 10.9. The molecule has 0 unspecified atom stereocenters. The number of hydrogen-bond acceptors (Lipinski definition) is 5. The topological polar surface area (TPSA) is 92.7 Å². The van der Waals surface area contributed by atoms with Gasteiger partial charge in [-0.05, 0) is 41.4 Å². The molecule has 0 bridgehead atoms. The molecule has 0 amide bonds. The van der Waals surface area contributed by atoms with Crippen molar-refractivity contribution in [1.82, 2.24) is 0 Å². The van der Waals surface area contributed by atoms with Crippen molar-refractivity contribution in [1.29, 1.82) is 0 Å². The van der Waals surface area contributed by atoms with Crippen molar-refractivity contribution in [3.05, 3.63) is 57.6 Å². The summed E-state index contributed by atoms with van der Waals surface area (Å²) in [6, 6.07) is 7.47. The van der Waals surface area contributed by atoms with Gasteiger partial charge in [-0.3, -0.25) is 0 Å². The molecular formula is C23H31O5P-2. The van der Waals surface area contributed by atoms with E-state index < -0.39 is 13.2 Å². The van der Waals surface area contributed by atoms with E-state index in [4.69, 9.17) is 4.52 Å². The van der Waals surface area contributed by atoms with Crippen LogP contribution in [0.4, 0.5) is 0 Å². The summed E-state index contributed by atoms with van der Waals surface area (Å²) >= 11 is 0. The van der Waals surface area contributed by atoms with E-state index in [0.29, 0.717) is 16.7 Å².